The first-order valence-electron chi connectivity index (χ1n) is 5.00. The molecule has 1 atom stereocenters. The Hall–Kier alpha value is -1.68. The molecular formula is C11H11N3O. The number of hydrogen-bond donors (Lipinski definition) is 1. The van der Waals surface area contributed by atoms with Crippen LogP contribution in [0, 0.1) is 0 Å². The van der Waals surface area contributed by atoms with Gasteiger partial charge in [0.05, 0.1) is 5.92 Å². The predicted molar refractivity (Wildman–Crippen MR) is 54.3 cm³/mol. The Labute approximate surface area is 87.3 Å². The van der Waals surface area contributed by atoms with Crippen LogP contribution in [-0.2, 0) is 6.54 Å². The van der Waals surface area contributed by atoms with Crippen molar-refractivity contribution >= 4 is 0 Å². The molecule has 15 heavy (non-hydrogen) atoms. The second-order valence-corrected chi connectivity index (χ2v) is 3.66. The summed E-state index contributed by atoms with van der Waals surface area (Å²) in [5, 5.41) is 7.01. The molecule has 0 radical (unpaired) electrons. The topological polar surface area (TPSA) is 51.0 Å². The standard InChI is InChI=1S/C11H11N3O/c1-2-4-9-8(3-1)5-12-6-10(9)11-13-7-14-15-11/h1-4,7,10,12H,5-6H2. The van der Waals surface area contributed by atoms with Gasteiger partial charge in [0.2, 0.25) is 5.89 Å². The van der Waals surface area contributed by atoms with Crippen LogP contribution < -0.4 is 5.32 Å². The summed E-state index contributed by atoms with van der Waals surface area (Å²) in [6.45, 7) is 1.78. The number of hydrogen-bond acceptors (Lipinski definition) is 4. The van der Waals surface area contributed by atoms with E-state index in [1.165, 1.54) is 17.5 Å². The van der Waals surface area contributed by atoms with Crippen LogP contribution in [0.3, 0.4) is 0 Å². The van der Waals surface area contributed by atoms with Gasteiger partial charge in [0.15, 0.2) is 6.33 Å². The van der Waals surface area contributed by atoms with E-state index in [4.69, 9.17) is 4.52 Å². The van der Waals surface area contributed by atoms with Gasteiger partial charge in [0, 0.05) is 13.1 Å². The zero-order valence-electron chi connectivity index (χ0n) is 8.18. The second kappa shape index (κ2) is 3.47. The summed E-state index contributed by atoms with van der Waals surface area (Å²) in [5.74, 6) is 0.882. The minimum absolute atomic E-state index is 0.192. The SMILES string of the molecule is c1ccc2c(c1)CNCC2c1ncno1. The summed E-state index contributed by atoms with van der Waals surface area (Å²) in [5.41, 5.74) is 2.60. The molecule has 4 heteroatoms. The third-order valence-corrected chi connectivity index (χ3v) is 2.77. The summed E-state index contributed by atoms with van der Waals surface area (Å²) in [4.78, 5) is 4.12. The molecule has 0 aliphatic carbocycles. The van der Waals surface area contributed by atoms with E-state index in [1.807, 2.05) is 6.07 Å². The molecule has 1 aliphatic rings. The molecule has 76 valence electrons. The fourth-order valence-corrected chi connectivity index (χ4v) is 2.05. The van der Waals surface area contributed by atoms with Crippen molar-refractivity contribution in [3.63, 3.8) is 0 Å². The maximum atomic E-state index is 5.13. The van der Waals surface area contributed by atoms with Gasteiger partial charge in [-0.3, -0.25) is 0 Å². The number of nitrogens with zero attached hydrogens (tertiary/aromatic N) is 2. The molecule has 0 saturated heterocycles. The van der Waals surface area contributed by atoms with Crippen molar-refractivity contribution in [2.45, 2.75) is 12.5 Å². The molecular weight excluding hydrogens is 190 g/mol. The molecule has 3 rings (SSSR count). The van der Waals surface area contributed by atoms with E-state index in [-0.39, 0.29) is 5.92 Å². The molecule has 0 spiro atoms. The van der Waals surface area contributed by atoms with Crippen LogP contribution in [0.25, 0.3) is 0 Å². The van der Waals surface area contributed by atoms with E-state index in [9.17, 15) is 0 Å². The summed E-state index contributed by atoms with van der Waals surface area (Å²) in [6, 6.07) is 8.36. The molecule has 4 nitrogen and oxygen atoms in total. The van der Waals surface area contributed by atoms with Gasteiger partial charge in [-0.2, -0.15) is 4.98 Å². The Bertz CT molecular complexity index is 453. The van der Waals surface area contributed by atoms with Gasteiger partial charge < -0.3 is 9.84 Å². The maximum Gasteiger partial charge on any atom is 0.235 e. The molecule has 1 N–H and O–H groups in total. The van der Waals surface area contributed by atoms with Crippen LogP contribution in [0.4, 0.5) is 0 Å². The fourth-order valence-electron chi connectivity index (χ4n) is 2.05. The summed E-state index contributed by atoms with van der Waals surface area (Å²) in [6.07, 6.45) is 1.45. The monoisotopic (exact) mass is 201 g/mol. The minimum atomic E-state index is 0.192. The van der Waals surface area contributed by atoms with Crippen molar-refractivity contribution in [1.82, 2.24) is 15.5 Å². The van der Waals surface area contributed by atoms with Gasteiger partial charge in [0.25, 0.3) is 0 Å². The van der Waals surface area contributed by atoms with Crippen LogP contribution in [0.15, 0.2) is 35.1 Å². The Kier molecular flexibility index (Phi) is 1.99. The smallest absolute Gasteiger partial charge is 0.235 e. The molecule has 1 aromatic carbocycles. The average molecular weight is 201 g/mol. The largest absolute Gasteiger partial charge is 0.339 e. The van der Waals surface area contributed by atoms with Crippen LogP contribution in [0.2, 0.25) is 0 Å². The minimum Gasteiger partial charge on any atom is -0.339 e. The van der Waals surface area contributed by atoms with Crippen molar-refractivity contribution in [2.75, 3.05) is 6.54 Å². The van der Waals surface area contributed by atoms with Gasteiger partial charge >= 0.3 is 0 Å². The van der Waals surface area contributed by atoms with Gasteiger partial charge in [-0.1, -0.05) is 29.4 Å². The lowest BCUT2D eigenvalue weighted by Gasteiger charge is -2.23. The van der Waals surface area contributed by atoms with E-state index >= 15 is 0 Å². The van der Waals surface area contributed by atoms with Gasteiger partial charge in [0.1, 0.15) is 0 Å². The van der Waals surface area contributed by atoms with Gasteiger partial charge in [-0.25, -0.2) is 0 Å². The van der Waals surface area contributed by atoms with Crippen molar-refractivity contribution in [3.05, 3.63) is 47.6 Å². The highest BCUT2D eigenvalue weighted by atomic mass is 16.5. The Morgan fingerprint density at radius 3 is 3.13 bits per heavy atom. The molecule has 2 heterocycles. The lowest BCUT2D eigenvalue weighted by atomic mass is 9.91. The third-order valence-electron chi connectivity index (χ3n) is 2.77. The zero-order chi connectivity index (χ0) is 10.1. The lowest BCUT2D eigenvalue weighted by molar-refractivity contribution is 0.355. The molecule has 0 fully saturated rings. The molecule has 1 unspecified atom stereocenters. The normalized spacial score (nSPS) is 19.9. The van der Waals surface area contributed by atoms with Crippen molar-refractivity contribution in [2.24, 2.45) is 0 Å². The summed E-state index contributed by atoms with van der Waals surface area (Å²) >= 11 is 0. The first kappa shape index (κ1) is 8.61. The van der Waals surface area contributed by atoms with Crippen molar-refractivity contribution in [1.29, 1.82) is 0 Å². The van der Waals surface area contributed by atoms with Crippen LogP contribution in [-0.4, -0.2) is 16.7 Å². The van der Waals surface area contributed by atoms with Crippen molar-refractivity contribution in [3.8, 4) is 0 Å². The molecule has 2 aromatic rings. The number of aromatic nitrogens is 2. The van der Waals surface area contributed by atoms with Gasteiger partial charge in [-0.05, 0) is 11.1 Å². The Morgan fingerprint density at radius 2 is 2.27 bits per heavy atom. The summed E-state index contributed by atoms with van der Waals surface area (Å²) in [7, 11) is 0. The molecule has 0 saturated carbocycles. The zero-order valence-corrected chi connectivity index (χ0v) is 8.18. The van der Waals surface area contributed by atoms with Gasteiger partial charge in [-0.15, -0.1) is 0 Å². The van der Waals surface area contributed by atoms with E-state index < -0.39 is 0 Å². The predicted octanol–water partition coefficient (Wildman–Crippen LogP) is 1.30. The van der Waals surface area contributed by atoms with E-state index in [2.05, 4.69) is 33.7 Å². The van der Waals surface area contributed by atoms with E-state index in [1.54, 1.807) is 0 Å². The number of rotatable bonds is 1. The molecule has 1 aliphatic heterocycles. The second-order valence-electron chi connectivity index (χ2n) is 3.66. The first-order valence-corrected chi connectivity index (χ1v) is 5.00. The molecule has 1 aromatic heterocycles. The fraction of sp³-hybridized carbons (Fsp3) is 0.273. The van der Waals surface area contributed by atoms with E-state index in [0.29, 0.717) is 5.89 Å². The number of nitrogens with one attached hydrogen (secondary N) is 1. The lowest BCUT2D eigenvalue weighted by Crippen LogP contribution is -2.28. The van der Waals surface area contributed by atoms with Crippen molar-refractivity contribution < 1.29 is 4.52 Å². The number of fused-ring (bicyclic) bond motifs is 1. The Morgan fingerprint density at radius 1 is 1.33 bits per heavy atom. The quantitative estimate of drug-likeness (QED) is 0.755. The summed E-state index contributed by atoms with van der Waals surface area (Å²) < 4.78 is 5.13. The highest BCUT2D eigenvalue weighted by Crippen LogP contribution is 2.28. The Balaban J connectivity index is 2.06. The number of benzene rings is 1. The van der Waals surface area contributed by atoms with E-state index in [0.717, 1.165) is 13.1 Å². The third kappa shape index (κ3) is 1.43. The maximum absolute atomic E-state index is 5.13. The van der Waals surface area contributed by atoms with Crippen LogP contribution >= 0.6 is 0 Å². The van der Waals surface area contributed by atoms with Crippen LogP contribution in [0.5, 0.6) is 0 Å². The average Bonchev–Trinajstić information content (AvgIpc) is 2.82. The molecule has 0 amide bonds. The first-order chi connectivity index (χ1) is 7.45. The van der Waals surface area contributed by atoms with Crippen LogP contribution in [0.1, 0.15) is 22.9 Å². The highest BCUT2D eigenvalue weighted by molar-refractivity contribution is 5.35. The molecule has 0 bridgehead atoms. The highest BCUT2D eigenvalue weighted by Gasteiger charge is 2.24.